The molecular weight excluding hydrogens is 240 g/mol. The molecule has 5 nitrogen and oxygen atoms in total. The van der Waals surface area contributed by atoms with Crippen LogP contribution in [0.1, 0.15) is 34.8 Å². The fourth-order valence-corrected chi connectivity index (χ4v) is 2.31. The van der Waals surface area contributed by atoms with Crippen molar-refractivity contribution in [3.05, 3.63) is 34.3 Å². The van der Waals surface area contributed by atoms with E-state index in [0.29, 0.717) is 0 Å². The molecule has 0 aliphatic carbocycles. The number of aromatic carboxylic acids is 1. The molecule has 0 aliphatic heterocycles. The highest BCUT2D eigenvalue weighted by atomic mass is 32.1. The molecule has 0 fully saturated rings. The third-order valence-corrected chi connectivity index (χ3v) is 3.30. The molecular formula is C11H12N2O3S. The van der Waals surface area contributed by atoms with E-state index in [1.807, 2.05) is 24.4 Å². The van der Waals surface area contributed by atoms with Crippen LogP contribution in [0.2, 0.25) is 0 Å². The third kappa shape index (κ3) is 2.65. The van der Waals surface area contributed by atoms with Crippen molar-refractivity contribution in [3.63, 3.8) is 0 Å². The molecule has 0 aromatic carbocycles. The van der Waals surface area contributed by atoms with Crippen molar-refractivity contribution < 1.29 is 14.3 Å². The second kappa shape index (κ2) is 5.01. The maximum absolute atomic E-state index is 10.7. The maximum Gasteiger partial charge on any atom is 0.357 e. The Hall–Kier alpha value is -1.82. The maximum atomic E-state index is 10.7. The van der Waals surface area contributed by atoms with Crippen LogP contribution in [0.4, 0.5) is 6.01 Å². The number of anilines is 1. The molecule has 0 spiro atoms. The second-order valence-electron chi connectivity index (χ2n) is 3.46. The van der Waals surface area contributed by atoms with Crippen LogP contribution in [0.15, 0.2) is 28.2 Å². The van der Waals surface area contributed by atoms with Crippen molar-refractivity contribution in [1.29, 1.82) is 0 Å². The first-order valence-electron chi connectivity index (χ1n) is 5.19. The molecule has 0 bridgehead atoms. The van der Waals surface area contributed by atoms with Gasteiger partial charge in [-0.2, -0.15) is 4.98 Å². The summed E-state index contributed by atoms with van der Waals surface area (Å²) in [6, 6.07) is 4.33. The van der Waals surface area contributed by atoms with Gasteiger partial charge >= 0.3 is 5.97 Å². The van der Waals surface area contributed by atoms with Gasteiger partial charge in [0.25, 0.3) is 6.01 Å². The van der Waals surface area contributed by atoms with Crippen LogP contribution in [0.25, 0.3) is 0 Å². The lowest BCUT2D eigenvalue weighted by molar-refractivity contribution is 0.0690. The Balaban J connectivity index is 2.10. The van der Waals surface area contributed by atoms with Crippen LogP contribution < -0.4 is 5.32 Å². The molecule has 0 amide bonds. The topological polar surface area (TPSA) is 75.4 Å². The molecule has 2 rings (SSSR count). The Morgan fingerprint density at radius 3 is 3.06 bits per heavy atom. The molecule has 2 heterocycles. The van der Waals surface area contributed by atoms with E-state index in [1.165, 1.54) is 4.88 Å². The Labute approximate surface area is 102 Å². The zero-order valence-electron chi connectivity index (χ0n) is 9.21. The molecule has 6 heteroatoms. The van der Waals surface area contributed by atoms with Gasteiger partial charge in [0.15, 0.2) is 5.69 Å². The lowest BCUT2D eigenvalue weighted by atomic mass is 10.2. The van der Waals surface area contributed by atoms with E-state index in [-0.39, 0.29) is 17.8 Å². The molecule has 2 aromatic heterocycles. The van der Waals surface area contributed by atoms with Crippen molar-refractivity contribution in [2.24, 2.45) is 0 Å². The number of rotatable bonds is 5. The fourth-order valence-electron chi connectivity index (χ4n) is 1.45. The van der Waals surface area contributed by atoms with Gasteiger partial charge in [-0.15, -0.1) is 11.3 Å². The van der Waals surface area contributed by atoms with Crippen LogP contribution in [-0.4, -0.2) is 16.1 Å². The van der Waals surface area contributed by atoms with Gasteiger partial charge in [-0.1, -0.05) is 13.0 Å². The number of hydrogen-bond donors (Lipinski definition) is 2. The lowest BCUT2D eigenvalue weighted by Gasteiger charge is -2.13. The van der Waals surface area contributed by atoms with E-state index in [1.54, 1.807) is 11.3 Å². The Morgan fingerprint density at radius 2 is 2.53 bits per heavy atom. The predicted octanol–water partition coefficient (Wildman–Crippen LogP) is 3.00. The molecule has 0 saturated carbocycles. The first kappa shape index (κ1) is 11.7. The first-order chi connectivity index (χ1) is 8.20. The summed E-state index contributed by atoms with van der Waals surface area (Å²) in [4.78, 5) is 15.7. The van der Waals surface area contributed by atoms with E-state index in [9.17, 15) is 4.79 Å². The number of nitrogens with one attached hydrogen (secondary N) is 1. The summed E-state index contributed by atoms with van der Waals surface area (Å²) in [7, 11) is 0. The largest absolute Gasteiger partial charge is 0.476 e. The molecule has 17 heavy (non-hydrogen) atoms. The molecule has 0 saturated heterocycles. The Bertz CT molecular complexity index is 493. The van der Waals surface area contributed by atoms with Crippen LogP contribution in [-0.2, 0) is 0 Å². The monoisotopic (exact) mass is 252 g/mol. The summed E-state index contributed by atoms with van der Waals surface area (Å²) in [5.74, 6) is -1.09. The minimum absolute atomic E-state index is 0.0893. The highest BCUT2D eigenvalue weighted by Gasteiger charge is 2.15. The van der Waals surface area contributed by atoms with Gasteiger partial charge in [0.05, 0.1) is 6.04 Å². The molecule has 2 N–H and O–H groups in total. The normalized spacial score (nSPS) is 12.3. The van der Waals surface area contributed by atoms with E-state index >= 15 is 0 Å². The first-order valence-corrected chi connectivity index (χ1v) is 6.07. The number of aromatic nitrogens is 1. The van der Waals surface area contributed by atoms with Crippen LogP contribution in [0.5, 0.6) is 0 Å². The highest BCUT2D eigenvalue weighted by Crippen LogP contribution is 2.25. The van der Waals surface area contributed by atoms with Crippen LogP contribution >= 0.6 is 11.3 Å². The molecule has 0 radical (unpaired) electrons. The van der Waals surface area contributed by atoms with E-state index < -0.39 is 5.97 Å². The smallest absolute Gasteiger partial charge is 0.357 e. The molecule has 1 unspecified atom stereocenters. The van der Waals surface area contributed by atoms with Gasteiger partial charge in [-0.05, 0) is 17.9 Å². The number of carboxylic acid groups (broad SMARTS) is 1. The molecule has 1 atom stereocenters. The van der Waals surface area contributed by atoms with Crippen molar-refractivity contribution in [1.82, 2.24) is 4.98 Å². The zero-order valence-corrected chi connectivity index (χ0v) is 10.0. The highest BCUT2D eigenvalue weighted by molar-refractivity contribution is 7.10. The Morgan fingerprint density at radius 1 is 1.71 bits per heavy atom. The molecule has 2 aromatic rings. The van der Waals surface area contributed by atoms with Crippen molar-refractivity contribution in [3.8, 4) is 0 Å². The van der Waals surface area contributed by atoms with Crippen LogP contribution in [0.3, 0.4) is 0 Å². The van der Waals surface area contributed by atoms with Gasteiger partial charge in [0, 0.05) is 4.88 Å². The van der Waals surface area contributed by atoms with Gasteiger partial charge in [0.1, 0.15) is 6.26 Å². The quantitative estimate of drug-likeness (QED) is 0.855. The fraction of sp³-hybridized carbons (Fsp3) is 0.273. The predicted molar refractivity (Wildman–Crippen MR) is 64.4 cm³/mol. The van der Waals surface area contributed by atoms with Crippen molar-refractivity contribution >= 4 is 23.3 Å². The SMILES string of the molecule is CCC(Nc1nc(C(=O)O)co1)c1cccs1. The zero-order chi connectivity index (χ0) is 12.3. The Kier molecular flexibility index (Phi) is 3.43. The van der Waals surface area contributed by atoms with E-state index in [0.717, 1.165) is 12.7 Å². The van der Waals surface area contributed by atoms with Gasteiger partial charge in [-0.3, -0.25) is 0 Å². The third-order valence-electron chi connectivity index (χ3n) is 2.32. The second-order valence-corrected chi connectivity index (χ2v) is 4.44. The van der Waals surface area contributed by atoms with Gasteiger partial charge < -0.3 is 14.8 Å². The number of carboxylic acids is 1. The van der Waals surface area contributed by atoms with Gasteiger partial charge in [0.2, 0.25) is 0 Å². The summed E-state index contributed by atoms with van der Waals surface area (Å²) in [6.45, 7) is 2.04. The summed E-state index contributed by atoms with van der Waals surface area (Å²) >= 11 is 1.64. The van der Waals surface area contributed by atoms with E-state index in [2.05, 4.69) is 10.3 Å². The lowest BCUT2D eigenvalue weighted by Crippen LogP contribution is -2.08. The number of thiophene rings is 1. The number of hydrogen-bond acceptors (Lipinski definition) is 5. The van der Waals surface area contributed by atoms with Crippen molar-refractivity contribution in [2.75, 3.05) is 5.32 Å². The number of nitrogens with zero attached hydrogens (tertiary/aromatic N) is 1. The minimum atomic E-state index is -1.09. The standard InChI is InChI=1S/C11H12N2O3S/c1-2-7(9-4-3-5-17-9)12-11-13-8(6-16-11)10(14)15/h3-7H,2H2,1H3,(H,12,13)(H,14,15). The summed E-state index contributed by atoms with van der Waals surface area (Å²) in [5.41, 5.74) is -0.0893. The van der Waals surface area contributed by atoms with Crippen molar-refractivity contribution in [2.45, 2.75) is 19.4 Å². The van der Waals surface area contributed by atoms with E-state index in [4.69, 9.17) is 9.52 Å². The summed E-state index contributed by atoms with van der Waals surface area (Å²) in [5, 5.41) is 13.8. The minimum Gasteiger partial charge on any atom is -0.476 e. The van der Waals surface area contributed by atoms with Crippen LogP contribution in [0, 0.1) is 0 Å². The number of carbonyl (C=O) groups is 1. The van der Waals surface area contributed by atoms with Gasteiger partial charge in [-0.25, -0.2) is 4.79 Å². The summed E-state index contributed by atoms with van der Waals surface area (Å²) < 4.78 is 5.06. The number of oxazole rings is 1. The summed E-state index contributed by atoms with van der Waals surface area (Å²) in [6.07, 6.45) is 2.00. The molecule has 0 aliphatic rings. The molecule has 90 valence electrons. The average Bonchev–Trinajstić information content (AvgIpc) is 2.96. The average molecular weight is 252 g/mol.